The first kappa shape index (κ1) is 21.1. The summed E-state index contributed by atoms with van der Waals surface area (Å²) in [6.45, 7) is 0. The first-order valence-electron chi connectivity index (χ1n) is 9.84. The Morgan fingerprint density at radius 2 is 1.87 bits per heavy atom. The Bertz CT molecular complexity index is 1070. The van der Waals surface area contributed by atoms with Crippen molar-refractivity contribution in [2.75, 3.05) is 19.2 Å². The molecule has 1 fully saturated rings. The van der Waals surface area contributed by atoms with E-state index in [1.165, 1.54) is 29.9 Å². The van der Waals surface area contributed by atoms with Gasteiger partial charge in [-0.2, -0.15) is 13.2 Å². The molecule has 3 unspecified atom stereocenters. The van der Waals surface area contributed by atoms with E-state index < -0.39 is 47.8 Å². The lowest BCUT2D eigenvalue weighted by Gasteiger charge is -2.54. The van der Waals surface area contributed by atoms with E-state index in [1.54, 1.807) is 29.3 Å². The van der Waals surface area contributed by atoms with Crippen molar-refractivity contribution in [1.29, 1.82) is 0 Å². The third-order valence-electron chi connectivity index (χ3n) is 6.06. The van der Waals surface area contributed by atoms with E-state index in [9.17, 15) is 27.9 Å². The molecule has 0 radical (unpaired) electrons. The van der Waals surface area contributed by atoms with Crippen LogP contribution in [-0.2, 0) is 0 Å². The first-order valence-corrected chi connectivity index (χ1v) is 9.84. The third-order valence-corrected chi connectivity index (χ3v) is 6.06. The second-order valence-corrected chi connectivity index (χ2v) is 7.84. The summed E-state index contributed by atoms with van der Waals surface area (Å²) in [6, 6.07) is 7.10. The van der Waals surface area contributed by atoms with Gasteiger partial charge in [0.2, 0.25) is 5.43 Å². The van der Waals surface area contributed by atoms with Crippen LogP contribution in [0.25, 0.3) is 0 Å². The molecule has 3 heterocycles. The van der Waals surface area contributed by atoms with Crippen LogP contribution in [0.15, 0.2) is 41.3 Å². The van der Waals surface area contributed by atoms with Gasteiger partial charge in [-0.25, -0.2) is 0 Å². The SMILES string of the molecule is COc1ccccc1C1C(CC(F)(F)F)CCC2N(C)C(=O)c3c(O)c(=O)ccn3N12. The summed E-state index contributed by atoms with van der Waals surface area (Å²) in [7, 11) is 2.96. The molecule has 1 saturated heterocycles. The third kappa shape index (κ3) is 3.49. The van der Waals surface area contributed by atoms with Crippen molar-refractivity contribution in [3.8, 4) is 11.5 Å². The summed E-state index contributed by atoms with van der Waals surface area (Å²) in [4.78, 5) is 26.2. The van der Waals surface area contributed by atoms with Gasteiger partial charge in [-0.1, -0.05) is 18.2 Å². The number of aromatic hydroxyl groups is 1. The van der Waals surface area contributed by atoms with Gasteiger partial charge in [0.25, 0.3) is 5.91 Å². The van der Waals surface area contributed by atoms with Crippen LogP contribution in [-0.4, -0.2) is 47.1 Å². The highest BCUT2D eigenvalue weighted by Crippen LogP contribution is 2.47. The lowest BCUT2D eigenvalue weighted by atomic mass is 9.81. The fourth-order valence-corrected chi connectivity index (χ4v) is 4.73. The summed E-state index contributed by atoms with van der Waals surface area (Å²) in [5.41, 5.74) is -0.459. The normalized spacial score (nSPS) is 23.4. The van der Waals surface area contributed by atoms with Crippen LogP contribution < -0.4 is 15.2 Å². The molecule has 0 bridgehead atoms. The quantitative estimate of drug-likeness (QED) is 0.799. The van der Waals surface area contributed by atoms with Gasteiger partial charge in [0.15, 0.2) is 11.4 Å². The van der Waals surface area contributed by atoms with Crippen LogP contribution >= 0.6 is 0 Å². The van der Waals surface area contributed by atoms with Gasteiger partial charge in [-0.05, 0) is 24.8 Å². The fourth-order valence-electron chi connectivity index (χ4n) is 4.73. The topological polar surface area (TPSA) is 75.0 Å². The summed E-state index contributed by atoms with van der Waals surface area (Å²) >= 11 is 0. The number of para-hydroxylation sites is 1. The number of amides is 1. The average Bonchev–Trinajstić information content (AvgIpc) is 2.72. The largest absolute Gasteiger partial charge is 0.502 e. The van der Waals surface area contributed by atoms with E-state index in [-0.39, 0.29) is 12.1 Å². The molecule has 7 nitrogen and oxygen atoms in total. The number of alkyl halides is 3. The number of ether oxygens (including phenoxy) is 1. The van der Waals surface area contributed by atoms with Gasteiger partial charge in [0.05, 0.1) is 13.2 Å². The number of hydrogen-bond acceptors (Lipinski definition) is 5. The standard InChI is InChI=1S/C21H22F3N3O4/c1-25-16-8-7-12(11-21(22,23)24)17(13-5-3-4-6-15(13)31-2)27(16)26-10-9-14(28)19(29)18(26)20(25)30/h3-6,9-10,12,16-17,29H,7-8,11H2,1-2H3. The lowest BCUT2D eigenvalue weighted by Crippen LogP contribution is -2.64. The molecule has 1 aromatic heterocycles. The van der Waals surface area contributed by atoms with Gasteiger partial charge in [0, 0.05) is 31.3 Å². The van der Waals surface area contributed by atoms with Gasteiger partial charge in [-0.15, -0.1) is 0 Å². The van der Waals surface area contributed by atoms with E-state index in [4.69, 9.17) is 4.74 Å². The van der Waals surface area contributed by atoms with Crippen LogP contribution in [0.4, 0.5) is 13.2 Å². The highest BCUT2D eigenvalue weighted by Gasteiger charge is 2.49. The number of hydrogen-bond donors (Lipinski definition) is 1. The number of carbonyl (C=O) groups excluding carboxylic acids is 1. The maximum Gasteiger partial charge on any atom is 0.389 e. The number of pyridine rings is 1. The van der Waals surface area contributed by atoms with Crippen LogP contribution in [0.5, 0.6) is 11.5 Å². The zero-order valence-corrected chi connectivity index (χ0v) is 17.0. The number of aromatic nitrogens is 1. The van der Waals surface area contributed by atoms with Crippen molar-refractivity contribution in [3.05, 3.63) is 58.0 Å². The summed E-state index contributed by atoms with van der Waals surface area (Å²) in [5.74, 6) is -1.70. The maximum absolute atomic E-state index is 13.5. The van der Waals surface area contributed by atoms with E-state index >= 15 is 0 Å². The van der Waals surface area contributed by atoms with E-state index in [0.29, 0.717) is 17.7 Å². The minimum atomic E-state index is -4.39. The molecule has 1 aromatic carbocycles. The van der Waals surface area contributed by atoms with Crippen molar-refractivity contribution in [1.82, 2.24) is 9.58 Å². The number of methoxy groups -OCH3 is 1. The number of rotatable bonds is 3. The zero-order valence-electron chi connectivity index (χ0n) is 17.0. The molecule has 4 rings (SSSR count). The molecule has 2 aliphatic rings. The molecule has 166 valence electrons. The van der Waals surface area contributed by atoms with Crippen LogP contribution in [0.2, 0.25) is 0 Å². The van der Waals surface area contributed by atoms with Crippen LogP contribution in [0.1, 0.15) is 41.4 Å². The number of fused-ring (bicyclic) bond motifs is 3. The predicted octanol–water partition coefficient (Wildman–Crippen LogP) is 3.02. The molecule has 0 saturated carbocycles. The average molecular weight is 437 g/mol. The van der Waals surface area contributed by atoms with Crippen molar-refractivity contribution >= 4 is 5.91 Å². The molecule has 1 N–H and O–H groups in total. The van der Waals surface area contributed by atoms with Crippen molar-refractivity contribution in [2.24, 2.45) is 5.92 Å². The van der Waals surface area contributed by atoms with E-state index in [2.05, 4.69) is 0 Å². The molecule has 10 heteroatoms. The van der Waals surface area contributed by atoms with Gasteiger partial charge in [-0.3, -0.25) is 19.3 Å². The molecule has 0 spiro atoms. The number of carbonyl (C=O) groups is 1. The minimum absolute atomic E-state index is 0.239. The van der Waals surface area contributed by atoms with Crippen molar-refractivity contribution in [2.45, 2.75) is 37.6 Å². The monoisotopic (exact) mass is 437 g/mol. The van der Waals surface area contributed by atoms with Crippen molar-refractivity contribution < 1.29 is 27.8 Å². The second kappa shape index (κ2) is 7.51. The Morgan fingerprint density at radius 1 is 1.16 bits per heavy atom. The number of nitrogens with zero attached hydrogens (tertiary/aromatic N) is 3. The van der Waals surface area contributed by atoms with E-state index in [0.717, 1.165) is 6.07 Å². The molecule has 3 atom stereocenters. The Kier molecular flexibility index (Phi) is 5.10. The molecule has 2 aliphatic heterocycles. The first-order chi connectivity index (χ1) is 14.6. The Morgan fingerprint density at radius 3 is 2.55 bits per heavy atom. The highest BCUT2D eigenvalue weighted by atomic mass is 19.4. The predicted molar refractivity (Wildman–Crippen MR) is 106 cm³/mol. The fraction of sp³-hybridized carbons (Fsp3) is 0.429. The molecular weight excluding hydrogens is 415 g/mol. The Labute approximate surface area is 176 Å². The summed E-state index contributed by atoms with van der Waals surface area (Å²) in [5, 5.41) is 12.0. The van der Waals surface area contributed by atoms with Crippen LogP contribution in [0, 0.1) is 5.92 Å². The smallest absolute Gasteiger partial charge is 0.389 e. The second-order valence-electron chi connectivity index (χ2n) is 7.84. The molecule has 31 heavy (non-hydrogen) atoms. The number of halogens is 3. The number of benzene rings is 1. The Hall–Kier alpha value is -3.17. The molecular formula is C21H22F3N3O4. The number of piperidine rings is 1. The lowest BCUT2D eigenvalue weighted by molar-refractivity contribution is -0.149. The zero-order chi connectivity index (χ0) is 22.5. The molecule has 1 amide bonds. The van der Waals surface area contributed by atoms with Gasteiger partial charge in [0.1, 0.15) is 11.9 Å². The van der Waals surface area contributed by atoms with Crippen molar-refractivity contribution in [3.63, 3.8) is 0 Å². The molecule has 2 aromatic rings. The van der Waals surface area contributed by atoms with Gasteiger partial charge >= 0.3 is 6.18 Å². The highest BCUT2D eigenvalue weighted by molar-refractivity contribution is 5.96. The minimum Gasteiger partial charge on any atom is -0.502 e. The van der Waals surface area contributed by atoms with Gasteiger partial charge < -0.3 is 14.7 Å². The summed E-state index contributed by atoms with van der Waals surface area (Å²) in [6.07, 6.45) is -4.08. The summed E-state index contributed by atoms with van der Waals surface area (Å²) < 4.78 is 47.2. The molecule has 0 aliphatic carbocycles. The maximum atomic E-state index is 13.5. The Balaban J connectivity index is 1.95. The van der Waals surface area contributed by atoms with Crippen LogP contribution in [0.3, 0.4) is 0 Å². The van der Waals surface area contributed by atoms with E-state index in [1.807, 2.05) is 0 Å².